The van der Waals surface area contributed by atoms with Crippen LogP contribution >= 0.6 is 0 Å². The average Bonchev–Trinajstić information content (AvgIpc) is 3.43. The van der Waals surface area contributed by atoms with Crippen LogP contribution in [0, 0.1) is 5.92 Å². The van der Waals surface area contributed by atoms with Gasteiger partial charge in [0, 0.05) is 24.1 Å². The predicted octanol–water partition coefficient (Wildman–Crippen LogP) is 6.22. The van der Waals surface area contributed by atoms with Crippen LogP contribution in [-0.4, -0.2) is 53.7 Å². The van der Waals surface area contributed by atoms with Crippen molar-refractivity contribution in [1.29, 1.82) is 0 Å². The molecule has 10 nitrogen and oxygen atoms in total. The molecule has 3 amide bonds. The monoisotopic (exact) mass is 677 g/mol. The molecule has 2 saturated heterocycles. The number of aliphatic hydroxyl groups excluding tert-OH is 1. The first-order chi connectivity index (χ1) is 24.2. The van der Waals surface area contributed by atoms with Gasteiger partial charge in [0.05, 0.1) is 30.9 Å². The zero-order valence-corrected chi connectivity index (χ0v) is 28.5. The summed E-state index contributed by atoms with van der Waals surface area (Å²) in [7, 11) is 2.08. The van der Waals surface area contributed by atoms with E-state index in [2.05, 4.69) is 43.2 Å². The topological polar surface area (TPSA) is 118 Å². The highest BCUT2D eigenvalue weighted by atomic mass is 16.7. The molecule has 2 aliphatic heterocycles. The van der Waals surface area contributed by atoms with E-state index in [0.717, 1.165) is 21.6 Å². The van der Waals surface area contributed by atoms with Crippen LogP contribution in [0.25, 0.3) is 0 Å². The van der Waals surface area contributed by atoms with Crippen LogP contribution in [0.2, 0.25) is 0 Å². The fourth-order valence-electron chi connectivity index (χ4n) is 6.49. The third kappa shape index (κ3) is 7.95. The SMILES string of the molecule is C[C@@H]1[C@H](CN(C)[C@@H](C)c2ccccc2)O[C@H](c2cccc(N3C(=O)CC(NC(=O)OCc4ccccc4)C3=O)c2)O[C@@H]1c1ccc(CO)cc1. The molecule has 10 heteroatoms. The lowest BCUT2D eigenvalue weighted by Gasteiger charge is -2.43. The van der Waals surface area contributed by atoms with Crippen LogP contribution in [0.4, 0.5) is 10.5 Å². The summed E-state index contributed by atoms with van der Waals surface area (Å²) in [6, 6.07) is 33.3. The zero-order valence-electron chi connectivity index (χ0n) is 28.5. The molecule has 2 aliphatic rings. The number of nitrogens with zero attached hydrogens (tertiary/aromatic N) is 2. The first-order valence-electron chi connectivity index (χ1n) is 16.9. The van der Waals surface area contributed by atoms with Gasteiger partial charge in [0.15, 0.2) is 6.29 Å². The van der Waals surface area contributed by atoms with Crippen molar-refractivity contribution >= 4 is 23.6 Å². The van der Waals surface area contributed by atoms with E-state index in [4.69, 9.17) is 14.2 Å². The Balaban J connectivity index is 1.20. The van der Waals surface area contributed by atoms with Gasteiger partial charge in [-0.25, -0.2) is 9.69 Å². The Labute approximate surface area is 292 Å². The smallest absolute Gasteiger partial charge is 0.408 e. The third-order valence-corrected chi connectivity index (χ3v) is 9.59. The van der Waals surface area contributed by atoms with Crippen LogP contribution < -0.4 is 10.2 Å². The molecule has 2 heterocycles. The van der Waals surface area contributed by atoms with Gasteiger partial charge in [0.1, 0.15) is 12.6 Å². The Hall–Kier alpha value is -4.87. The van der Waals surface area contributed by atoms with Crippen molar-refractivity contribution in [2.24, 2.45) is 5.92 Å². The van der Waals surface area contributed by atoms with Crippen molar-refractivity contribution in [2.75, 3.05) is 18.5 Å². The number of anilines is 1. The van der Waals surface area contributed by atoms with Crippen LogP contribution in [0.15, 0.2) is 109 Å². The molecular weight excluding hydrogens is 634 g/mol. The van der Waals surface area contributed by atoms with Crippen LogP contribution in [0.5, 0.6) is 0 Å². The molecule has 4 aromatic carbocycles. The van der Waals surface area contributed by atoms with E-state index in [9.17, 15) is 19.5 Å². The van der Waals surface area contributed by atoms with E-state index in [1.54, 1.807) is 18.2 Å². The second-order valence-corrected chi connectivity index (χ2v) is 13.0. The van der Waals surface area contributed by atoms with E-state index in [-0.39, 0.29) is 43.8 Å². The largest absolute Gasteiger partial charge is 0.445 e. The number of imide groups is 1. The number of amides is 3. The molecule has 0 bridgehead atoms. The molecule has 4 aromatic rings. The number of hydrogen-bond acceptors (Lipinski definition) is 8. The quantitative estimate of drug-likeness (QED) is 0.180. The Morgan fingerprint density at radius 2 is 1.62 bits per heavy atom. The first-order valence-corrected chi connectivity index (χ1v) is 16.9. The molecule has 2 fully saturated rings. The summed E-state index contributed by atoms with van der Waals surface area (Å²) in [6.45, 7) is 4.90. The molecule has 0 saturated carbocycles. The molecule has 0 radical (unpaired) electrons. The molecule has 0 aromatic heterocycles. The first kappa shape index (κ1) is 35.0. The normalized spacial score (nSPS) is 22.8. The lowest BCUT2D eigenvalue weighted by atomic mass is 9.89. The standard InChI is InChI=1S/C40H43N3O7/c1-26-35(23-42(3)27(2)30-13-8-5-9-14-30)49-39(50-37(26)31-19-17-28(24-44)18-20-31)32-15-10-16-33(21-32)43-36(45)22-34(38(43)46)41-40(47)48-25-29-11-6-4-7-12-29/h4-21,26-27,34-35,37,39,44H,22-25H2,1-3H3,(H,41,47)/t26-,27+,34?,35+,37+,39+/m1/s1. The van der Waals surface area contributed by atoms with Gasteiger partial charge in [0.2, 0.25) is 5.91 Å². The van der Waals surface area contributed by atoms with Gasteiger partial charge < -0.3 is 24.6 Å². The summed E-state index contributed by atoms with van der Waals surface area (Å²) in [5, 5.41) is 12.2. The van der Waals surface area contributed by atoms with E-state index in [1.165, 1.54) is 5.56 Å². The van der Waals surface area contributed by atoms with Gasteiger partial charge in [-0.05, 0) is 48.4 Å². The second kappa shape index (κ2) is 15.8. The Morgan fingerprint density at radius 1 is 0.920 bits per heavy atom. The predicted molar refractivity (Wildman–Crippen MR) is 188 cm³/mol. The van der Waals surface area contributed by atoms with Crippen molar-refractivity contribution in [2.45, 2.75) is 64.1 Å². The minimum atomic E-state index is -1.05. The lowest BCUT2D eigenvalue weighted by molar-refractivity contribution is -0.276. The molecule has 6 atom stereocenters. The van der Waals surface area contributed by atoms with Crippen molar-refractivity contribution in [1.82, 2.24) is 10.2 Å². The van der Waals surface area contributed by atoms with Crippen LogP contribution in [-0.2, 0) is 37.0 Å². The summed E-state index contributed by atoms with van der Waals surface area (Å²) >= 11 is 0. The molecule has 260 valence electrons. The number of hydrogen-bond donors (Lipinski definition) is 2. The summed E-state index contributed by atoms with van der Waals surface area (Å²) in [4.78, 5) is 42.5. The van der Waals surface area contributed by atoms with Crippen molar-refractivity contribution in [3.05, 3.63) is 137 Å². The van der Waals surface area contributed by atoms with Crippen molar-refractivity contribution < 1.29 is 33.7 Å². The highest BCUT2D eigenvalue weighted by molar-refractivity contribution is 6.22. The average molecular weight is 678 g/mol. The minimum Gasteiger partial charge on any atom is -0.445 e. The fraction of sp³-hybridized carbons (Fsp3) is 0.325. The maximum Gasteiger partial charge on any atom is 0.408 e. The summed E-state index contributed by atoms with van der Waals surface area (Å²) in [5.74, 6) is -1.01. The van der Waals surface area contributed by atoms with Crippen LogP contribution in [0.1, 0.15) is 66.5 Å². The number of carbonyl (C=O) groups excluding carboxylic acids is 3. The number of alkyl carbamates (subject to hydrolysis) is 1. The Morgan fingerprint density at radius 3 is 2.32 bits per heavy atom. The second-order valence-electron chi connectivity index (χ2n) is 13.0. The van der Waals surface area contributed by atoms with Crippen molar-refractivity contribution in [3.63, 3.8) is 0 Å². The summed E-state index contributed by atoms with van der Waals surface area (Å²) < 4.78 is 18.6. The minimum absolute atomic E-state index is 0.0324. The van der Waals surface area contributed by atoms with Gasteiger partial charge in [-0.15, -0.1) is 0 Å². The lowest BCUT2D eigenvalue weighted by Crippen LogP contribution is -2.44. The van der Waals surface area contributed by atoms with Gasteiger partial charge in [0.25, 0.3) is 5.91 Å². The zero-order chi connectivity index (χ0) is 35.2. The maximum absolute atomic E-state index is 13.4. The molecule has 2 N–H and O–H groups in total. The molecule has 0 aliphatic carbocycles. The fourth-order valence-corrected chi connectivity index (χ4v) is 6.49. The summed E-state index contributed by atoms with van der Waals surface area (Å²) in [5.41, 5.74) is 4.78. The number of likely N-dealkylation sites (N-methyl/N-ethyl adjacent to an activating group) is 1. The number of benzene rings is 4. The number of nitrogens with one attached hydrogen (secondary N) is 1. The Kier molecular flexibility index (Phi) is 11.0. The molecular formula is C40H43N3O7. The third-order valence-electron chi connectivity index (χ3n) is 9.59. The number of rotatable bonds is 11. The molecule has 50 heavy (non-hydrogen) atoms. The van der Waals surface area contributed by atoms with Gasteiger partial charge in [-0.3, -0.25) is 14.5 Å². The van der Waals surface area contributed by atoms with E-state index in [0.29, 0.717) is 17.8 Å². The maximum atomic E-state index is 13.4. The van der Waals surface area contributed by atoms with Gasteiger partial charge in [-0.1, -0.05) is 104 Å². The van der Waals surface area contributed by atoms with Gasteiger partial charge >= 0.3 is 6.09 Å². The van der Waals surface area contributed by atoms with E-state index < -0.39 is 30.2 Å². The number of ether oxygens (including phenoxy) is 3. The molecule has 1 unspecified atom stereocenters. The van der Waals surface area contributed by atoms with Gasteiger partial charge in [-0.2, -0.15) is 0 Å². The molecule has 0 spiro atoms. The van der Waals surface area contributed by atoms with E-state index >= 15 is 0 Å². The highest BCUT2D eigenvalue weighted by Crippen LogP contribution is 2.43. The Bertz CT molecular complexity index is 1770. The number of carbonyl (C=O) groups is 3. The van der Waals surface area contributed by atoms with E-state index in [1.807, 2.05) is 78.9 Å². The summed E-state index contributed by atoms with van der Waals surface area (Å²) in [6.07, 6.45) is -2.32. The number of aliphatic hydroxyl groups is 1. The highest BCUT2D eigenvalue weighted by Gasteiger charge is 2.42. The molecule has 6 rings (SSSR count). The van der Waals surface area contributed by atoms with Crippen molar-refractivity contribution in [3.8, 4) is 0 Å². The van der Waals surface area contributed by atoms with Crippen LogP contribution in [0.3, 0.4) is 0 Å².